The standard InChI is InChI=1S/C18H30N.K/c1-16(2,3)12-10-13(17(4,5)6)15(19)14(11-12)18(7,8)9;/h10-11,19H,1-9H3;/q-1;+1. The van der Waals surface area contributed by atoms with Crippen LogP contribution in [0.1, 0.15) is 79.0 Å². The van der Waals surface area contributed by atoms with Crippen LogP contribution in [0, 0.1) is 0 Å². The van der Waals surface area contributed by atoms with Crippen LogP contribution >= 0.6 is 0 Å². The minimum absolute atomic E-state index is 0. The van der Waals surface area contributed by atoms with E-state index in [4.69, 9.17) is 5.73 Å². The van der Waals surface area contributed by atoms with Gasteiger partial charge in [0.05, 0.1) is 0 Å². The van der Waals surface area contributed by atoms with E-state index < -0.39 is 0 Å². The molecule has 20 heavy (non-hydrogen) atoms. The molecule has 2 heteroatoms. The van der Waals surface area contributed by atoms with Crippen molar-refractivity contribution in [1.29, 1.82) is 0 Å². The zero-order chi connectivity index (χ0) is 15.2. The number of benzene rings is 1. The molecule has 0 saturated carbocycles. The van der Waals surface area contributed by atoms with Crippen LogP contribution in [0.15, 0.2) is 12.1 Å². The predicted molar refractivity (Wildman–Crippen MR) is 86.5 cm³/mol. The summed E-state index contributed by atoms with van der Waals surface area (Å²) < 4.78 is 0. The Bertz CT molecular complexity index is 433. The Kier molecular flexibility index (Phi) is 6.63. The molecule has 1 aromatic carbocycles. The molecule has 0 aliphatic heterocycles. The minimum atomic E-state index is 0. The molecule has 0 aliphatic rings. The van der Waals surface area contributed by atoms with Crippen molar-refractivity contribution < 1.29 is 51.4 Å². The van der Waals surface area contributed by atoms with Crippen LogP contribution in [0.5, 0.6) is 0 Å². The molecule has 108 valence electrons. The Balaban J connectivity index is 0.00000361. The van der Waals surface area contributed by atoms with E-state index in [-0.39, 0.29) is 67.6 Å². The molecule has 0 fully saturated rings. The first-order valence-corrected chi connectivity index (χ1v) is 7.15. The number of nitrogens with one attached hydrogen (secondary N) is 1. The molecule has 0 bridgehead atoms. The topological polar surface area (TPSA) is 23.8 Å². The fourth-order valence-corrected chi connectivity index (χ4v) is 2.26. The van der Waals surface area contributed by atoms with Crippen LogP contribution in [0.2, 0.25) is 0 Å². The number of hydrogen-bond acceptors (Lipinski definition) is 0. The zero-order valence-electron chi connectivity index (χ0n) is 15.2. The van der Waals surface area contributed by atoms with E-state index in [1.165, 1.54) is 5.56 Å². The van der Waals surface area contributed by atoms with Crippen molar-refractivity contribution in [2.75, 3.05) is 0 Å². The summed E-state index contributed by atoms with van der Waals surface area (Å²) in [4.78, 5) is 0. The number of hydrogen-bond donors (Lipinski definition) is 0. The van der Waals surface area contributed by atoms with Gasteiger partial charge in [-0.05, 0) is 21.8 Å². The molecule has 0 atom stereocenters. The molecule has 1 N–H and O–H groups in total. The second-order valence-electron chi connectivity index (χ2n) is 8.70. The van der Waals surface area contributed by atoms with Gasteiger partial charge in [0.1, 0.15) is 0 Å². The first-order chi connectivity index (χ1) is 8.24. The Morgan fingerprint density at radius 2 is 0.950 bits per heavy atom. The van der Waals surface area contributed by atoms with Gasteiger partial charge in [0, 0.05) is 0 Å². The average molecular weight is 300 g/mol. The molecule has 0 radical (unpaired) electrons. The van der Waals surface area contributed by atoms with E-state index in [1.54, 1.807) is 0 Å². The molecule has 1 nitrogen and oxygen atoms in total. The van der Waals surface area contributed by atoms with Crippen molar-refractivity contribution in [3.8, 4) is 0 Å². The maximum atomic E-state index is 8.56. The van der Waals surface area contributed by atoms with E-state index in [0.717, 1.165) is 11.1 Å². The van der Waals surface area contributed by atoms with E-state index in [1.807, 2.05) is 0 Å². The molecule has 1 aromatic rings. The summed E-state index contributed by atoms with van der Waals surface area (Å²) >= 11 is 0. The third-order valence-corrected chi connectivity index (χ3v) is 3.62. The maximum absolute atomic E-state index is 8.56. The van der Waals surface area contributed by atoms with Gasteiger partial charge < -0.3 is 5.73 Å². The SMILES string of the molecule is CC(C)(C)c1cc(C(C)(C)C)c([NH-])c(C(C)(C)C)c1.[K+]. The monoisotopic (exact) mass is 299 g/mol. The average Bonchev–Trinajstić information content (AvgIpc) is 2.11. The van der Waals surface area contributed by atoms with Gasteiger partial charge >= 0.3 is 51.4 Å². The Morgan fingerprint density at radius 1 is 0.650 bits per heavy atom. The largest absolute Gasteiger partial charge is 1.00 e. The summed E-state index contributed by atoms with van der Waals surface area (Å²) in [6, 6.07) is 4.47. The summed E-state index contributed by atoms with van der Waals surface area (Å²) in [6.45, 7) is 19.9. The van der Waals surface area contributed by atoms with Crippen molar-refractivity contribution in [3.63, 3.8) is 0 Å². The van der Waals surface area contributed by atoms with Gasteiger partial charge in [0.15, 0.2) is 0 Å². The van der Waals surface area contributed by atoms with Gasteiger partial charge in [0.2, 0.25) is 0 Å². The van der Waals surface area contributed by atoms with Crippen LogP contribution in [-0.2, 0) is 16.2 Å². The van der Waals surface area contributed by atoms with Crippen LogP contribution in [-0.4, -0.2) is 0 Å². The van der Waals surface area contributed by atoms with Gasteiger partial charge in [-0.25, -0.2) is 0 Å². The maximum Gasteiger partial charge on any atom is 1.00 e. The Hall–Kier alpha value is 0.656. The third-order valence-electron chi connectivity index (χ3n) is 3.62. The quantitative estimate of drug-likeness (QED) is 0.657. The summed E-state index contributed by atoms with van der Waals surface area (Å²) in [5.74, 6) is 0. The van der Waals surface area contributed by atoms with Crippen LogP contribution in [0.25, 0.3) is 5.73 Å². The van der Waals surface area contributed by atoms with Crippen molar-refractivity contribution in [1.82, 2.24) is 0 Å². The fourth-order valence-electron chi connectivity index (χ4n) is 2.26. The molecule has 0 unspecified atom stereocenters. The van der Waals surface area contributed by atoms with Gasteiger partial charge in [-0.2, -0.15) is 0 Å². The summed E-state index contributed by atoms with van der Waals surface area (Å²) in [7, 11) is 0. The minimum Gasteiger partial charge on any atom is -0.698 e. The summed E-state index contributed by atoms with van der Waals surface area (Å²) in [6.07, 6.45) is 0. The fraction of sp³-hybridized carbons (Fsp3) is 0.667. The summed E-state index contributed by atoms with van der Waals surface area (Å²) in [5, 5.41) is 0. The van der Waals surface area contributed by atoms with Crippen molar-refractivity contribution >= 4 is 5.69 Å². The normalized spacial score (nSPS) is 13.1. The first-order valence-electron chi connectivity index (χ1n) is 7.15. The van der Waals surface area contributed by atoms with Crippen molar-refractivity contribution in [2.24, 2.45) is 0 Å². The number of rotatable bonds is 0. The van der Waals surface area contributed by atoms with Crippen LogP contribution in [0.3, 0.4) is 0 Å². The molecule has 0 amide bonds. The molecule has 0 heterocycles. The van der Waals surface area contributed by atoms with Crippen LogP contribution < -0.4 is 51.4 Å². The van der Waals surface area contributed by atoms with E-state index >= 15 is 0 Å². The molecule has 0 aliphatic carbocycles. The van der Waals surface area contributed by atoms with Crippen molar-refractivity contribution in [3.05, 3.63) is 34.6 Å². The van der Waals surface area contributed by atoms with E-state index in [2.05, 4.69) is 74.4 Å². The Morgan fingerprint density at radius 3 is 1.15 bits per heavy atom. The zero-order valence-corrected chi connectivity index (χ0v) is 18.3. The molecule has 0 aromatic heterocycles. The molecule has 1 rings (SSSR count). The summed E-state index contributed by atoms with van der Waals surface area (Å²) in [5.41, 5.74) is 13.1. The smallest absolute Gasteiger partial charge is 0.698 e. The molecule has 0 spiro atoms. The van der Waals surface area contributed by atoms with Gasteiger partial charge in [-0.15, -0.1) is 5.69 Å². The third kappa shape index (κ3) is 4.84. The van der Waals surface area contributed by atoms with E-state index in [9.17, 15) is 0 Å². The van der Waals surface area contributed by atoms with Crippen molar-refractivity contribution in [2.45, 2.75) is 78.6 Å². The Labute approximate surface area is 168 Å². The molecular formula is C18H30KN. The van der Waals surface area contributed by atoms with E-state index in [0.29, 0.717) is 5.69 Å². The second-order valence-corrected chi connectivity index (χ2v) is 8.70. The van der Waals surface area contributed by atoms with Gasteiger partial charge in [-0.1, -0.05) is 85.6 Å². The van der Waals surface area contributed by atoms with Crippen LogP contribution in [0.4, 0.5) is 5.69 Å². The predicted octanol–water partition coefficient (Wildman–Crippen LogP) is 3.27. The molecular weight excluding hydrogens is 269 g/mol. The van der Waals surface area contributed by atoms with Gasteiger partial charge in [-0.3, -0.25) is 0 Å². The molecule has 0 saturated heterocycles. The van der Waals surface area contributed by atoms with Gasteiger partial charge in [0.25, 0.3) is 0 Å². The second kappa shape index (κ2) is 6.42. The first kappa shape index (κ1) is 20.7.